The van der Waals surface area contributed by atoms with E-state index in [2.05, 4.69) is 29.2 Å². The summed E-state index contributed by atoms with van der Waals surface area (Å²) in [5.41, 5.74) is 3.70. The van der Waals surface area contributed by atoms with Crippen molar-refractivity contribution in [2.75, 3.05) is 45.3 Å². The third-order valence-electron chi connectivity index (χ3n) is 7.95. The van der Waals surface area contributed by atoms with Gasteiger partial charge in [-0.05, 0) is 82.0 Å². The van der Waals surface area contributed by atoms with Crippen molar-refractivity contribution >= 4 is 29.0 Å². The molecule has 1 atom stereocenters. The minimum Gasteiger partial charge on any atom is -0.497 e. The molecular formula is C32H38N4O4S. The number of nitrogens with zero attached hydrogens (tertiary/aromatic N) is 4. The number of thiazole rings is 1. The summed E-state index contributed by atoms with van der Waals surface area (Å²) in [5, 5.41) is 0. The lowest BCUT2D eigenvalue weighted by Crippen LogP contribution is -2.43. The number of amides is 1. The highest BCUT2D eigenvalue weighted by Crippen LogP contribution is 2.38. The van der Waals surface area contributed by atoms with Crippen molar-refractivity contribution in [3.63, 3.8) is 0 Å². The average Bonchev–Trinajstić information content (AvgIpc) is 3.31. The number of rotatable bonds is 8. The zero-order chi connectivity index (χ0) is 29.1. The lowest BCUT2D eigenvalue weighted by molar-refractivity contribution is -0.127. The smallest absolute Gasteiger partial charge is 0.271 e. The minimum absolute atomic E-state index is 0.145. The number of methoxy groups -OCH3 is 2. The van der Waals surface area contributed by atoms with Crippen LogP contribution in [0.25, 0.3) is 6.08 Å². The molecule has 0 aliphatic carbocycles. The standard InChI is InChI=1S/C32H38N4O4S/c1-6-34(7-2)31(38)28-21(3)33-32-36(29(28)25-20-24(39-4)15-16-26(25)40-5)30(37)27(41-32)19-22-11-13-23(14-12-22)35-17-9-8-10-18-35/h11-16,19-20,29H,6-10,17-18H2,1-5H3/b27-19-/t29-/m1/s1. The largest absolute Gasteiger partial charge is 0.497 e. The van der Waals surface area contributed by atoms with Gasteiger partial charge in [0.15, 0.2) is 4.80 Å². The summed E-state index contributed by atoms with van der Waals surface area (Å²) in [4.78, 5) is 37.5. The molecule has 41 heavy (non-hydrogen) atoms. The Labute approximate surface area is 244 Å². The zero-order valence-corrected chi connectivity index (χ0v) is 25.3. The van der Waals surface area contributed by atoms with Gasteiger partial charge in [0, 0.05) is 37.4 Å². The molecule has 0 bridgehead atoms. The van der Waals surface area contributed by atoms with Gasteiger partial charge < -0.3 is 19.3 Å². The second-order valence-electron chi connectivity index (χ2n) is 10.3. The number of allylic oxidation sites excluding steroid dienone is 1. The molecule has 1 aromatic heterocycles. The summed E-state index contributed by atoms with van der Waals surface area (Å²) in [6.45, 7) is 9.00. The van der Waals surface area contributed by atoms with Gasteiger partial charge in [0.05, 0.1) is 30.0 Å². The monoisotopic (exact) mass is 574 g/mol. The van der Waals surface area contributed by atoms with Crippen LogP contribution < -0.4 is 29.3 Å². The second-order valence-corrected chi connectivity index (χ2v) is 11.3. The molecule has 0 spiro atoms. The summed E-state index contributed by atoms with van der Waals surface area (Å²) in [6, 6.07) is 13.1. The van der Waals surface area contributed by atoms with E-state index in [-0.39, 0.29) is 11.5 Å². The van der Waals surface area contributed by atoms with E-state index in [1.807, 2.05) is 45.0 Å². The van der Waals surface area contributed by atoms with Gasteiger partial charge in [0.2, 0.25) is 0 Å². The summed E-state index contributed by atoms with van der Waals surface area (Å²) in [5.74, 6) is 1.04. The Bertz CT molecular complexity index is 1630. The highest BCUT2D eigenvalue weighted by molar-refractivity contribution is 7.07. The first-order valence-electron chi connectivity index (χ1n) is 14.3. The second kappa shape index (κ2) is 12.3. The third-order valence-corrected chi connectivity index (χ3v) is 8.93. The molecule has 2 aromatic carbocycles. The maximum absolute atomic E-state index is 14.1. The molecule has 5 rings (SSSR count). The van der Waals surface area contributed by atoms with Gasteiger partial charge in [-0.1, -0.05) is 23.5 Å². The Morgan fingerprint density at radius 3 is 2.39 bits per heavy atom. The van der Waals surface area contributed by atoms with Gasteiger partial charge in [-0.25, -0.2) is 4.99 Å². The SMILES string of the molecule is CCN(CC)C(=O)C1=C(C)N=c2s/c(=C\c3ccc(N4CCCCC4)cc3)c(=O)n2[C@@H]1c1cc(OC)ccc1OC. The van der Waals surface area contributed by atoms with Crippen LogP contribution in [0.2, 0.25) is 0 Å². The van der Waals surface area contributed by atoms with Crippen molar-refractivity contribution in [1.29, 1.82) is 0 Å². The van der Waals surface area contributed by atoms with E-state index >= 15 is 0 Å². The normalized spacial score (nSPS) is 17.2. The average molecular weight is 575 g/mol. The van der Waals surface area contributed by atoms with Crippen molar-refractivity contribution < 1.29 is 14.3 Å². The Morgan fingerprint density at radius 2 is 1.76 bits per heavy atom. The topological polar surface area (TPSA) is 76.4 Å². The Hall–Kier alpha value is -3.85. The van der Waals surface area contributed by atoms with E-state index in [4.69, 9.17) is 14.5 Å². The van der Waals surface area contributed by atoms with Gasteiger partial charge in [0.25, 0.3) is 11.5 Å². The van der Waals surface area contributed by atoms with Crippen molar-refractivity contribution in [3.05, 3.63) is 84.5 Å². The first kappa shape index (κ1) is 28.7. The highest BCUT2D eigenvalue weighted by atomic mass is 32.1. The van der Waals surface area contributed by atoms with Crippen LogP contribution >= 0.6 is 11.3 Å². The molecular weight excluding hydrogens is 536 g/mol. The number of benzene rings is 2. The molecule has 216 valence electrons. The molecule has 0 saturated carbocycles. The zero-order valence-electron chi connectivity index (χ0n) is 24.5. The fourth-order valence-corrected chi connectivity index (χ4v) is 6.76. The molecule has 0 radical (unpaired) electrons. The van der Waals surface area contributed by atoms with E-state index in [1.54, 1.807) is 23.7 Å². The van der Waals surface area contributed by atoms with Crippen LogP contribution in [0.4, 0.5) is 5.69 Å². The van der Waals surface area contributed by atoms with Crippen molar-refractivity contribution in [2.24, 2.45) is 4.99 Å². The molecule has 0 N–H and O–H groups in total. The summed E-state index contributed by atoms with van der Waals surface area (Å²) >= 11 is 1.33. The van der Waals surface area contributed by atoms with Crippen LogP contribution in [-0.4, -0.2) is 55.8 Å². The van der Waals surface area contributed by atoms with Gasteiger partial charge >= 0.3 is 0 Å². The quantitative estimate of drug-likeness (QED) is 0.405. The Morgan fingerprint density at radius 1 is 1.05 bits per heavy atom. The first-order chi connectivity index (χ1) is 19.9. The number of hydrogen-bond acceptors (Lipinski definition) is 7. The third kappa shape index (κ3) is 5.55. The number of aromatic nitrogens is 1. The maximum atomic E-state index is 14.1. The van der Waals surface area contributed by atoms with Crippen LogP contribution in [0.1, 0.15) is 57.2 Å². The minimum atomic E-state index is -0.715. The van der Waals surface area contributed by atoms with Gasteiger partial charge in [0.1, 0.15) is 17.5 Å². The molecule has 2 aliphatic heterocycles. The van der Waals surface area contributed by atoms with Crippen LogP contribution in [-0.2, 0) is 4.79 Å². The van der Waals surface area contributed by atoms with Gasteiger partial charge in [-0.2, -0.15) is 0 Å². The van der Waals surface area contributed by atoms with E-state index in [0.29, 0.717) is 50.8 Å². The number of likely N-dealkylation sites (N-methyl/N-ethyl adjacent to an activating group) is 1. The number of carbonyl (C=O) groups is 1. The number of anilines is 1. The maximum Gasteiger partial charge on any atom is 0.271 e. The molecule has 8 nitrogen and oxygen atoms in total. The van der Waals surface area contributed by atoms with Crippen LogP contribution in [0, 0.1) is 0 Å². The van der Waals surface area contributed by atoms with E-state index in [9.17, 15) is 9.59 Å². The number of piperidine rings is 1. The number of hydrogen-bond donors (Lipinski definition) is 0. The Kier molecular flexibility index (Phi) is 8.63. The number of carbonyl (C=O) groups excluding carboxylic acids is 1. The summed E-state index contributed by atoms with van der Waals surface area (Å²) in [7, 11) is 3.18. The molecule has 1 saturated heterocycles. The van der Waals surface area contributed by atoms with Crippen LogP contribution in [0.3, 0.4) is 0 Å². The lowest BCUT2D eigenvalue weighted by atomic mass is 9.93. The number of ether oxygens (including phenoxy) is 2. The van der Waals surface area contributed by atoms with Crippen molar-refractivity contribution in [3.8, 4) is 11.5 Å². The van der Waals surface area contributed by atoms with E-state index in [0.717, 1.165) is 18.7 Å². The van der Waals surface area contributed by atoms with Crippen LogP contribution in [0.15, 0.2) is 63.5 Å². The molecule has 3 heterocycles. The predicted octanol–water partition coefficient (Wildman–Crippen LogP) is 4.11. The lowest BCUT2D eigenvalue weighted by Gasteiger charge is -2.30. The fraction of sp³-hybridized carbons (Fsp3) is 0.406. The molecule has 1 fully saturated rings. The van der Waals surface area contributed by atoms with Gasteiger partial charge in [-0.15, -0.1) is 0 Å². The van der Waals surface area contributed by atoms with E-state index in [1.165, 1.54) is 36.3 Å². The van der Waals surface area contributed by atoms with Gasteiger partial charge in [-0.3, -0.25) is 14.2 Å². The first-order valence-corrected chi connectivity index (χ1v) is 15.1. The fourth-order valence-electron chi connectivity index (χ4n) is 5.71. The molecule has 0 unspecified atom stereocenters. The molecule has 1 amide bonds. The molecule has 9 heteroatoms. The summed E-state index contributed by atoms with van der Waals surface area (Å²) in [6.07, 6.45) is 5.65. The highest BCUT2D eigenvalue weighted by Gasteiger charge is 2.36. The summed E-state index contributed by atoms with van der Waals surface area (Å²) < 4.78 is 13.5. The number of fused-ring (bicyclic) bond motifs is 1. The van der Waals surface area contributed by atoms with Crippen molar-refractivity contribution in [2.45, 2.75) is 46.1 Å². The van der Waals surface area contributed by atoms with Crippen LogP contribution in [0.5, 0.6) is 11.5 Å². The molecule has 2 aliphatic rings. The van der Waals surface area contributed by atoms with E-state index < -0.39 is 6.04 Å². The Balaban J connectivity index is 1.65. The molecule has 3 aromatic rings. The van der Waals surface area contributed by atoms with Crippen molar-refractivity contribution in [1.82, 2.24) is 9.47 Å². The predicted molar refractivity (Wildman–Crippen MR) is 164 cm³/mol.